The van der Waals surface area contributed by atoms with Gasteiger partial charge < -0.3 is 40.3 Å². The van der Waals surface area contributed by atoms with Gasteiger partial charge >= 0.3 is 0 Å². The maximum absolute atomic E-state index is 13.1. The van der Waals surface area contributed by atoms with Gasteiger partial charge in [-0.05, 0) is 103 Å². The smallest absolute Gasteiger partial charge is 0.220 e. The minimum absolute atomic E-state index is 0.157. The van der Waals surface area contributed by atoms with E-state index in [1.807, 2.05) is 0 Å². The molecule has 9 heteroatoms. The summed E-state index contributed by atoms with van der Waals surface area (Å²) < 4.78 is 11.3. The molecule has 0 saturated carbocycles. The lowest BCUT2D eigenvalue weighted by atomic mass is 9.99. The van der Waals surface area contributed by atoms with Crippen LogP contribution < -0.4 is 5.32 Å². The second-order valence-electron chi connectivity index (χ2n) is 21.8. The van der Waals surface area contributed by atoms with Crippen molar-refractivity contribution in [3.63, 3.8) is 0 Å². The molecule has 0 spiro atoms. The predicted octanol–water partition coefficient (Wildman–Crippen LogP) is 17.4. The van der Waals surface area contributed by atoms with Crippen molar-refractivity contribution in [3.05, 3.63) is 146 Å². The van der Waals surface area contributed by atoms with Crippen molar-refractivity contribution >= 4 is 5.91 Å². The molecule has 0 aromatic heterocycles. The molecule has 81 heavy (non-hydrogen) atoms. The molecule has 9 nitrogen and oxygen atoms in total. The van der Waals surface area contributed by atoms with E-state index in [9.17, 15) is 30.3 Å². The highest BCUT2D eigenvalue weighted by molar-refractivity contribution is 5.76. The first-order chi connectivity index (χ1) is 39.8. The summed E-state index contributed by atoms with van der Waals surface area (Å²) in [4.78, 5) is 13.1. The Bertz CT molecular complexity index is 1780. The monoisotopic (exact) mass is 1130 g/mol. The van der Waals surface area contributed by atoms with E-state index in [0.29, 0.717) is 12.8 Å². The molecule has 1 rings (SSSR count). The third kappa shape index (κ3) is 48.2. The standard InChI is InChI=1S/C72H119NO8/c1-3-5-7-9-11-13-15-17-19-21-22-23-24-25-26-27-28-29-30-31-32-33-34-35-36-37-38-39-40-41-42-43-44-46-48-50-52-54-56-58-60-62-68(76)73-65(64-80-72-71(79)70(78)69(77)67(63-74)81-72)66(75)61-59-57-55-53-51-49-47-45-20-18-16-14-12-10-8-6-4-2/h5,7,11,13,17,19,22-23,25-26,28-29,31-32,34-35,37-38,40-41,43-44,48,50,65-67,69-72,74-75,77-79H,3-4,6,8-10,12,14-16,18,20-21,24,27,30,33,36,39,42,45-47,49,51-64H2,1-2H3,(H,73,76)/b7-5-,13-11-,19-17-,23-22-,26-25-,29-28-,32-31-,35-34-,38-37-,41-40-,44-43-,50-48-. The lowest BCUT2D eigenvalue weighted by molar-refractivity contribution is -0.302. The number of nitrogens with one attached hydrogen (secondary N) is 1. The highest BCUT2D eigenvalue weighted by atomic mass is 16.7. The van der Waals surface area contributed by atoms with Gasteiger partial charge in [0.25, 0.3) is 0 Å². The van der Waals surface area contributed by atoms with Crippen molar-refractivity contribution in [1.82, 2.24) is 5.32 Å². The molecule has 1 aliphatic rings. The summed E-state index contributed by atoms with van der Waals surface area (Å²) in [6.45, 7) is 3.71. The fraction of sp³-hybridized carbons (Fsp3) is 0.653. The van der Waals surface area contributed by atoms with Crippen molar-refractivity contribution in [2.75, 3.05) is 13.2 Å². The number of hydrogen-bond acceptors (Lipinski definition) is 8. The van der Waals surface area contributed by atoms with Crippen LogP contribution in [0.3, 0.4) is 0 Å². The largest absolute Gasteiger partial charge is 0.394 e. The predicted molar refractivity (Wildman–Crippen MR) is 345 cm³/mol. The van der Waals surface area contributed by atoms with Gasteiger partial charge in [0.2, 0.25) is 5.91 Å². The van der Waals surface area contributed by atoms with Gasteiger partial charge in [-0.3, -0.25) is 4.79 Å². The number of ether oxygens (including phenoxy) is 2. The van der Waals surface area contributed by atoms with Crippen molar-refractivity contribution in [2.24, 2.45) is 0 Å². The molecule has 460 valence electrons. The Kier molecular flexibility index (Phi) is 54.9. The Labute approximate surface area is 495 Å². The number of hydrogen-bond donors (Lipinski definition) is 6. The Hall–Kier alpha value is -3.93. The molecule has 1 saturated heterocycles. The zero-order valence-electron chi connectivity index (χ0n) is 51.2. The van der Waals surface area contributed by atoms with E-state index in [4.69, 9.17) is 9.47 Å². The Morgan fingerprint density at radius 1 is 0.432 bits per heavy atom. The fourth-order valence-electron chi connectivity index (χ4n) is 9.38. The molecule has 1 heterocycles. The van der Waals surface area contributed by atoms with Crippen molar-refractivity contribution in [1.29, 1.82) is 0 Å². The first-order valence-electron chi connectivity index (χ1n) is 32.5. The van der Waals surface area contributed by atoms with Gasteiger partial charge in [0, 0.05) is 6.42 Å². The maximum atomic E-state index is 13.1. The van der Waals surface area contributed by atoms with Crippen molar-refractivity contribution in [2.45, 2.75) is 288 Å². The van der Waals surface area contributed by atoms with Crippen molar-refractivity contribution in [3.8, 4) is 0 Å². The van der Waals surface area contributed by atoms with Crippen LogP contribution in [-0.2, 0) is 14.3 Å². The summed E-state index contributed by atoms with van der Waals surface area (Å²) in [5, 5.41) is 54.7. The topological polar surface area (TPSA) is 149 Å². The van der Waals surface area contributed by atoms with E-state index in [1.165, 1.54) is 89.9 Å². The zero-order chi connectivity index (χ0) is 58.6. The van der Waals surface area contributed by atoms with Gasteiger partial charge in [0.1, 0.15) is 24.4 Å². The molecule has 1 fully saturated rings. The number of rotatable bonds is 54. The summed E-state index contributed by atoms with van der Waals surface area (Å²) in [6.07, 6.45) is 84.6. The minimum Gasteiger partial charge on any atom is -0.394 e. The number of unbranched alkanes of at least 4 members (excludes halogenated alkanes) is 20. The quantitative estimate of drug-likeness (QED) is 0.0261. The van der Waals surface area contributed by atoms with Crippen LogP contribution >= 0.6 is 0 Å². The van der Waals surface area contributed by atoms with Gasteiger partial charge in [0.15, 0.2) is 6.29 Å². The van der Waals surface area contributed by atoms with Crippen LogP contribution in [-0.4, -0.2) is 87.5 Å². The average molecular weight is 1130 g/mol. The highest BCUT2D eigenvalue weighted by Crippen LogP contribution is 2.23. The first kappa shape index (κ1) is 75.1. The minimum atomic E-state index is -1.57. The van der Waals surface area contributed by atoms with E-state index >= 15 is 0 Å². The summed E-state index contributed by atoms with van der Waals surface area (Å²) >= 11 is 0. The SMILES string of the molecule is CC/C=C\C/C=C\C/C=C\C/C=C\C/C=C\C/C=C\C/C=C\C/C=C\C/C=C\C/C=C\C/C=C\C/C=C\CCCCCCC(=O)NC(COC1OC(CO)C(O)C(O)C1O)C(O)CCCCCCCCCCCCCCCCCCC. The number of aliphatic hydroxyl groups excluding tert-OH is 5. The van der Waals surface area contributed by atoms with E-state index < -0.39 is 49.5 Å². The zero-order valence-corrected chi connectivity index (χ0v) is 51.2. The molecule has 0 aliphatic carbocycles. The third-order valence-corrected chi connectivity index (χ3v) is 14.5. The van der Waals surface area contributed by atoms with Gasteiger partial charge in [-0.1, -0.05) is 282 Å². The van der Waals surface area contributed by atoms with Gasteiger partial charge in [-0.15, -0.1) is 0 Å². The molecular formula is C72H119NO8. The van der Waals surface area contributed by atoms with Crippen molar-refractivity contribution < 1.29 is 39.8 Å². The fourth-order valence-corrected chi connectivity index (χ4v) is 9.38. The number of carbonyl (C=O) groups is 1. The van der Waals surface area contributed by atoms with E-state index in [-0.39, 0.29) is 12.5 Å². The number of carbonyl (C=O) groups excluding carboxylic acids is 1. The molecular weight excluding hydrogens is 1010 g/mol. The van der Waals surface area contributed by atoms with Gasteiger partial charge in [-0.25, -0.2) is 0 Å². The number of amides is 1. The van der Waals surface area contributed by atoms with Crippen LogP contribution in [0.25, 0.3) is 0 Å². The molecule has 0 bridgehead atoms. The third-order valence-electron chi connectivity index (χ3n) is 14.5. The second-order valence-corrected chi connectivity index (χ2v) is 21.8. The van der Waals surface area contributed by atoms with E-state index in [1.54, 1.807) is 0 Å². The Morgan fingerprint density at radius 3 is 1.14 bits per heavy atom. The molecule has 0 radical (unpaired) electrons. The molecule has 1 aliphatic heterocycles. The molecule has 0 aromatic carbocycles. The molecule has 6 N–H and O–H groups in total. The average Bonchev–Trinajstić information content (AvgIpc) is 3.49. The van der Waals surface area contributed by atoms with Crippen LogP contribution in [0, 0.1) is 0 Å². The van der Waals surface area contributed by atoms with Crippen LogP contribution in [0.15, 0.2) is 146 Å². The van der Waals surface area contributed by atoms with E-state index in [0.717, 1.165) is 128 Å². The maximum Gasteiger partial charge on any atom is 0.220 e. The second kappa shape index (κ2) is 59.2. The van der Waals surface area contributed by atoms with Crippen LogP contribution in [0.1, 0.15) is 245 Å². The summed E-state index contributed by atoms with van der Waals surface area (Å²) in [5.41, 5.74) is 0. The summed E-state index contributed by atoms with van der Waals surface area (Å²) in [6, 6.07) is -0.744. The molecule has 7 atom stereocenters. The summed E-state index contributed by atoms with van der Waals surface area (Å²) in [5.74, 6) is -0.173. The first-order valence-corrected chi connectivity index (χ1v) is 32.5. The van der Waals surface area contributed by atoms with Crippen LogP contribution in [0.4, 0.5) is 0 Å². The van der Waals surface area contributed by atoms with Crippen LogP contribution in [0.2, 0.25) is 0 Å². The van der Waals surface area contributed by atoms with Gasteiger partial charge in [0.05, 0.1) is 25.4 Å². The lowest BCUT2D eigenvalue weighted by Gasteiger charge is -2.40. The molecule has 0 aromatic rings. The highest BCUT2D eigenvalue weighted by Gasteiger charge is 2.44. The van der Waals surface area contributed by atoms with Gasteiger partial charge in [-0.2, -0.15) is 0 Å². The Balaban J connectivity index is 2.18. The molecule has 1 amide bonds. The Morgan fingerprint density at radius 2 is 0.765 bits per heavy atom. The number of allylic oxidation sites excluding steroid dienone is 24. The number of aliphatic hydroxyl groups is 5. The van der Waals surface area contributed by atoms with Crippen LogP contribution in [0.5, 0.6) is 0 Å². The summed E-state index contributed by atoms with van der Waals surface area (Å²) in [7, 11) is 0. The lowest BCUT2D eigenvalue weighted by Crippen LogP contribution is -2.60. The normalized spacial score (nSPS) is 19.4. The van der Waals surface area contributed by atoms with E-state index in [2.05, 4.69) is 165 Å². The molecule has 7 unspecified atom stereocenters.